The first-order valence-electron chi connectivity index (χ1n) is 5.84. The second-order valence-electron chi connectivity index (χ2n) is 4.33. The van der Waals surface area contributed by atoms with E-state index in [4.69, 9.17) is 5.73 Å². The highest BCUT2D eigenvalue weighted by atomic mass is 32.2. The summed E-state index contributed by atoms with van der Waals surface area (Å²) in [4.78, 5) is 14.6. The number of amides is 1. The van der Waals surface area contributed by atoms with E-state index in [0.29, 0.717) is 11.4 Å². The van der Waals surface area contributed by atoms with Crippen LogP contribution in [0.1, 0.15) is 27.9 Å². The van der Waals surface area contributed by atoms with Crippen LogP contribution < -0.4 is 10.5 Å². The van der Waals surface area contributed by atoms with E-state index in [1.54, 1.807) is 20.9 Å². The lowest BCUT2D eigenvalue weighted by molar-refractivity contribution is 0.0958. The Balaban J connectivity index is 2.19. The van der Waals surface area contributed by atoms with Gasteiger partial charge < -0.3 is 10.3 Å². The summed E-state index contributed by atoms with van der Waals surface area (Å²) >= 11 is 0. The molecule has 10 nitrogen and oxygen atoms in total. The fourth-order valence-electron chi connectivity index (χ4n) is 1.80. The molecule has 2 aromatic heterocycles. The van der Waals surface area contributed by atoms with Gasteiger partial charge in [-0.05, 0) is 13.8 Å². The molecule has 2 heterocycles. The van der Waals surface area contributed by atoms with Crippen LogP contribution in [0.25, 0.3) is 0 Å². The van der Waals surface area contributed by atoms with E-state index >= 15 is 0 Å². The molecule has 0 saturated heterocycles. The lowest BCUT2D eigenvalue weighted by atomic mass is 10.4. The third-order valence-corrected chi connectivity index (χ3v) is 4.46. The Hall–Kier alpha value is -2.27. The summed E-state index contributed by atoms with van der Waals surface area (Å²) in [6.07, 6.45) is 0. The number of rotatable bonds is 5. The molecule has 2 rings (SSSR count). The van der Waals surface area contributed by atoms with E-state index in [2.05, 4.69) is 24.5 Å². The average molecular weight is 314 g/mol. The zero-order valence-corrected chi connectivity index (χ0v) is 12.4. The van der Waals surface area contributed by atoms with Gasteiger partial charge in [-0.25, -0.2) is 13.1 Å². The van der Waals surface area contributed by atoms with Gasteiger partial charge in [0.15, 0.2) is 5.82 Å². The van der Waals surface area contributed by atoms with E-state index in [1.807, 2.05) is 0 Å². The monoisotopic (exact) mass is 314 g/mol. The smallest absolute Gasteiger partial charge is 0.315 e. The molecule has 0 aliphatic carbocycles. The van der Waals surface area contributed by atoms with Crippen molar-refractivity contribution < 1.29 is 17.7 Å². The highest BCUT2D eigenvalue weighted by Crippen LogP contribution is 2.18. The van der Waals surface area contributed by atoms with E-state index in [9.17, 15) is 13.2 Å². The van der Waals surface area contributed by atoms with E-state index in [1.165, 1.54) is 4.68 Å². The van der Waals surface area contributed by atoms with Gasteiger partial charge in [0, 0.05) is 7.05 Å². The maximum atomic E-state index is 12.3. The summed E-state index contributed by atoms with van der Waals surface area (Å²) in [5.41, 5.74) is 5.85. The van der Waals surface area contributed by atoms with Crippen LogP contribution in [-0.4, -0.2) is 34.2 Å². The Morgan fingerprint density at radius 3 is 2.57 bits per heavy atom. The molecule has 0 saturated carbocycles. The van der Waals surface area contributed by atoms with Crippen molar-refractivity contribution in [2.75, 3.05) is 0 Å². The third-order valence-electron chi connectivity index (χ3n) is 2.81. The summed E-state index contributed by atoms with van der Waals surface area (Å²) in [6, 6.07) is 0. The van der Waals surface area contributed by atoms with E-state index in [-0.39, 0.29) is 23.2 Å². The standard InChI is InChI=1S/C10H14N6O4S/c1-5-8(6(2)16(3)14-5)21(18,19)12-4-7-13-10(9(11)17)20-15-7/h12H,4H2,1-3H3,(H2,11,17). The fourth-order valence-corrected chi connectivity index (χ4v) is 3.21. The summed E-state index contributed by atoms with van der Waals surface area (Å²) in [5.74, 6) is -1.25. The predicted molar refractivity (Wildman–Crippen MR) is 69.5 cm³/mol. The summed E-state index contributed by atoms with van der Waals surface area (Å²) in [7, 11) is -2.13. The molecule has 1 amide bonds. The number of hydrogen-bond donors (Lipinski definition) is 2. The first-order valence-corrected chi connectivity index (χ1v) is 7.33. The second-order valence-corrected chi connectivity index (χ2v) is 6.03. The van der Waals surface area contributed by atoms with Crippen molar-refractivity contribution in [3.8, 4) is 0 Å². The molecule has 2 aromatic rings. The van der Waals surface area contributed by atoms with E-state index in [0.717, 1.165) is 0 Å². The lowest BCUT2D eigenvalue weighted by Gasteiger charge is -2.04. The third kappa shape index (κ3) is 2.92. The minimum Gasteiger partial charge on any atom is -0.361 e. The van der Waals surface area contributed by atoms with Gasteiger partial charge in [0.1, 0.15) is 4.90 Å². The molecular weight excluding hydrogens is 300 g/mol. The normalized spacial score (nSPS) is 11.8. The van der Waals surface area contributed by atoms with Crippen LogP contribution in [0.2, 0.25) is 0 Å². The molecular formula is C10H14N6O4S. The van der Waals surface area contributed by atoms with Crippen LogP contribution in [0.4, 0.5) is 0 Å². The zero-order chi connectivity index (χ0) is 15.8. The van der Waals surface area contributed by atoms with Gasteiger partial charge in [-0.1, -0.05) is 5.16 Å². The molecule has 0 bridgehead atoms. The molecule has 0 unspecified atom stereocenters. The van der Waals surface area contributed by atoms with Crippen molar-refractivity contribution in [1.82, 2.24) is 24.6 Å². The SMILES string of the molecule is Cc1nn(C)c(C)c1S(=O)(=O)NCc1noc(C(N)=O)n1. The number of primary amides is 1. The predicted octanol–water partition coefficient (Wildman–Crippen LogP) is -1.00. The number of nitrogens with zero attached hydrogens (tertiary/aromatic N) is 4. The average Bonchev–Trinajstić information content (AvgIpc) is 2.93. The number of aromatic nitrogens is 4. The van der Waals surface area contributed by atoms with Crippen molar-refractivity contribution >= 4 is 15.9 Å². The van der Waals surface area contributed by atoms with Crippen LogP contribution >= 0.6 is 0 Å². The van der Waals surface area contributed by atoms with Gasteiger partial charge in [0.25, 0.3) is 0 Å². The van der Waals surface area contributed by atoms with Gasteiger partial charge in [-0.15, -0.1) is 0 Å². The summed E-state index contributed by atoms with van der Waals surface area (Å²) < 4.78 is 32.9. The van der Waals surface area contributed by atoms with Crippen LogP contribution in [0.5, 0.6) is 0 Å². The topological polar surface area (TPSA) is 146 Å². The zero-order valence-electron chi connectivity index (χ0n) is 11.6. The minimum absolute atomic E-state index is 0.00608. The van der Waals surface area contributed by atoms with Crippen LogP contribution in [-0.2, 0) is 23.6 Å². The van der Waals surface area contributed by atoms with Crippen LogP contribution in [0.15, 0.2) is 9.42 Å². The largest absolute Gasteiger partial charge is 0.361 e. The van der Waals surface area contributed by atoms with Gasteiger partial charge in [0.2, 0.25) is 10.0 Å². The number of carbonyl (C=O) groups excluding carboxylic acids is 1. The summed E-state index contributed by atoms with van der Waals surface area (Å²) in [5, 5.41) is 7.50. The molecule has 0 aliphatic heterocycles. The second kappa shape index (κ2) is 5.26. The van der Waals surface area contributed by atoms with Crippen LogP contribution in [0, 0.1) is 13.8 Å². The summed E-state index contributed by atoms with van der Waals surface area (Å²) in [6.45, 7) is 3.02. The maximum absolute atomic E-state index is 12.3. The van der Waals surface area contributed by atoms with Crippen molar-refractivity contribution in [2.45, 2.75) is 25.3 Å². The van der Waals surface area contributed by atoms with Crippen molar-refractivity contribution in [3.05, 3.63) is 23.1 Å². The van der Waals surface area contributed by atoms with Crippen molar-refractivity contribution in [3.63, 3.8) is 0 Å². The Morgan fingerprint density at radius 1 is 1.43 bits per heavy atom. The Morgan fingerprint density at radius 2 is 2.10 bits per heavy atom. The number of nitrogens with one attached hydrogen (secondary N) is 1. The highest BCUT2D eigenvalue weighted by molar-refractivity contribution is 7.89. The fraction of sp³-hybridized carbons (Fsp3) is 0.400. The van der Waals surface area contributed by atoms with E-state index < -0.39 is 15.9 Å². The Kier molecular flexibility index (Phi) is 3.78. The number of nitrogens with two attached hydrogens (primary N) is 1. The number of hydrogen-bond acceptors (Lipinski definition) is 7. The molecule has 0 atom stereocenters. The van der Waals surface area contributed by atoms with Gasteiger partial charge in [-0.3, -0.25) is 9.48 Å². The Bertz CT molecular complexity index is 791. The molecule has 0 aromatic carbocycles. The molecule has 0 fully saturated rings. The first kappa shape index (κ1) is 15.1. The maximum Gasteiger partial charge on any atom is 0.315 e. The number of aryl methyl sites for hydroxylation is 2. The molecule has 0 radical (unpaired) electrons. The molecule has 114 valence electrons. The number of sulfonamides is 1. The molecule has 0 aliphatic rings. The molecule has 3 N–H and O–H groups in total. The van der Waals surface area contributed by atoms with Gasteiger partial charge in [-0.2, -0.15) is 10.1 Å². The molecule has 11 heteroatoms. The lowest BCUT2D eigenvalue weighted by Crippen LogP contribution is -2.25. The molecule has 21 heavy (non-hydrogen) atoms. The quantitative estimate of drug-likeness (QED) is 0.719. The van der Waals surface area contributed by atoms with Crippen LogP contribution in [0.3, 0.4) is 0 Å². The highest BCUT2D eigenvalue weighted by Gasteiger charge is 2.24. The Labute approximate surface area is 120 Å². The van der Waals surface area contributed by atoms with Gasteiger partial charge in [0.05, 0.1) is 17.9 Å². The van der Waals surface area contributed by atoms with Gasteiger partial charge >= 0.3 is 11.8 Å². The number of carbonyl (C=O) groups is 1. The first-order chi connectivity index (χ1) is 9.72. The minimum atomic E-state index is -3.78. The molecule has 0 spiro atoms. The van der Waals surface area contributed by atoms with Crippen molar-refractivity contribution in [1.29, 1.82) is 0 Å². The van der Waals surface area contributed by atoms with Crippen molar-refractivity contribution in [2.24, 2.45) is 12.8 Å².